The number of aromatic nitrogens is 3. The van der Waals surface area contributed by atoms with E-state index < -0.39 is 0 Å². The summed E-state index contributed by atoms with van der Waals surface area (Å²) in [5, 5.41) is 0. The number of benzene rings is 1. The summed E-state index contributed by atoms with van der Waals surface area (Å²) in [6.45, 7) is 4.02. The second kappa shape index (κ2) is 8.17. The SMILES string of the molecule is C/C=C\C=C(/C)c1nc(-c2ccccc2)nc(C2C=CC(Br)=CC2)n1. The monoisotopic (exact) mass is 393 g/mol. The van der Waals surface area contributed by atoms with Crippen LogP contribution in [0, 0.1) is 0 Å². The quantitative estimate of drug-likeness (QED) is 0.612. The van der Waals surface area contributed by atoms with E-state index in [0.29, 0.717) is 0 Å². The van der Waals surface area contributed by atoms with Crippen molar-refractivity contribution in [2.45, 2.75) is 26.2 Å². The van der Waals surface area contributed by atoms with Gasteiger partial charge in [-0.25, -0.2) is 15.0 Å². The molecule has 0 radical (unpaired) electrons. The second-order valence-electron chi connectivity index (χ2n) is 5.87. The summed E-state index contributed by atoms with van der Waals surface area (Å²) < 4.78 is 1.10. The molecule has 1 heterocycles. The van der Waals surface area contributed by atoms with E-state index in [2.05, 4.69) is 34.2 Å². The molecule has 126 valence electrons. The molecule has 3 rings (SSSR count). The molecule has 0 saturated heterocycles. The highest BCUT2D eigenvalue weighted by Crippen LogP contribution is 2.28. The maximum Gasteiger partial charge on any atom is 0.163 e. The van der Waals surface area contributed by atoms with Crippen LogP contribution in [-0.2, 0) is 0 Å². The molecule has 1 aromatic heterocycles. The van der Waals surface area contributed by atoms with Gasteiger partial charge in [0.2, 0.25) is 0 Å². The number of nitrogens with zero attached hydrogens (tertiary/aromatic N) is 3. The van der Waals surface area contributed by atoms with Crippen molar-refractivity contribution in [3.8, 4) is 11.4 Å². The minimum atomic E-state index is 0.167. The van der Waals surface area contributed by atoms with Crippen molar-refractivity contribution >= 4 is 21.5 Å². The lowest BCUT2D eigenvalue weighted by atomic mass is 10.00. The van der Waals surface area contributed by atoms with Crippen LogP contribution in [0.5, 0.6) is 0 Å². The van der Waals surface area contributed by atoms with Crippen LogP contribution >= 0.6 is 15.9 Å². The van der Waals surface area contributed by atoms with Crippen molar-refractivity contribution in [1.29, 1.82) is 0 Å². The Hall–Kier alpha value is -2.33. The van der Waals surface area contributed by atoms with E-state index in [9.17, 15) is 0 Å². The highest BCUT2D eigenvalue weighted by molar-refractivity contribution is 9.11. The Bertz CT molecular complexity index is 864. The smallest absolute Gasteiger partial charge is 0.163 e. The Kier molecular flexibility index (Phi) is 5.71. The highest BCUT2D eigenvalue weighted by atomic mass is 79.9. The van der Waals surface area contributed by atoms with Crippen LogP contribution in [0.15, 0.2) is 71.3 Å². The number of rotatable bonds is 4. The molecule has 0 fully saturated rings. The molecule has 1 aliphatic carbocycles. The van der Waals surface area contributed by atoms with Crippen LogP contribution in [0.4, 0.5) is 0 Å². The van der Waals surface area contributed by atoms with Crippen LogP contribution in [-0.4, -0.2) is 15.0 Å². The normalized spacial score (nSPS) is 17.8. The lowest BCUT2D eigenvalue weighted by Crippen LogP contribution is -2.09. The van der Waals surface area contributed by atoms with Gasteiger partial charge in [0.1, 0.15) is 5.82 Å². The third-order valence-corrected chi connectivity index (χ3v) is 4.55. The maximum absolute atomic E-state index is 4.75. The predicted octanol–water partition coefficient (Wildman–Crippen LogP) is 5.84. The van der Waals surface area contributed by atoms with Crippen molar-refractivity contribution in [2.24, 2.45) is 0 Å². The summed E-state index contributed by atoms with van der Waals surface area (Å²) in [4.78, 5) is 14.2. The van der Waals surface area contributed by atoms with Gasteiger partial charge in [-0.05, 0) is 25.8 Å². The summed E-state index contributed by atoms with van der Waals surface area (Å²) in [5.74, 6) is 2.42. The van der Waals surface area contributed by atoms with Gasteiger partial charge in [0.25, 0.3) is 0 Å². The van der Waals surface area contributed by atoms with E-state index in [1.165, 1.54) is 0 Å². The van der Waals surface area contributed by atoms with E-state index in [4.69, 9.17) is 15.0 Å². The minimum Gasteiger partial charge on any atom is -0.213 e. The van der Waals surface area contributed by atoms with Gasteiger partial charge in [0.05, 0.1) is 0 Å². The van der Waals surface area contributed by atoms with E-state index >= 15 is 0 Å². The molecule has 4 heteroatoms. The van der Waals surface area contributed by atoms with Crippen LogP contribution < -0.4 is 0 Å². The van der Waals surface area contributed by atoms with Crippen molar-refractivity contribution in [2.75, 3.05) is 0 Å². The van der Waals surface area contributed by atoms with Gasteiger partial charge in [0, 0.05) is 16.0 Å². The Morgan fingerprint density at radius 1 is 1.16 bits per heavy atom. The number of halogens is 1. The van der Waals surface area contributed by atoms with Gasteiger partial charge < -0.3 is 0 Å². The summed E-state index contributed by atoms with van der Waals surface area (Å²) in [7, 11) is 0. The van der Waals surface area contributed by atoms with Gasteiger partial charge in [-0.1, -0.05) is 82.7 Å². The molecule has 2 aromatic rings. The fourth-order valence-corrected chi connectivity index (χ4v) is 2.89. The standard InChI is InChI=1S/C21H20BrN3/c1-3-4-8-15(2)19-23-20(16-9-6-5-7-10-16)25-21(24-19)17-11-13-18(22)14-12-17/h3-11,13-14,17H,12H2,1-2H3/b4-3-,15-8+. The van der Waals surface area contributed by atoms with E-state index in [1.807, 2.05) is 62.4 Å². The van der Waals surface area contributed by atoms with Gasteiger partial charge in [-0.2, -0.15) is 0 Å². The Labute approximate surface area is 157 Å². The Morgan fingerprint density at radius 3 is 2.64 bits per heavy atom. The molecule has 0 amide bonds. The molecule has 3 nitrogen and oxygen atoms in total. The van der Waals surface area contributed by atoms with Gasteiger partial charge in [0.15, 0.2) is 11.6 Å². The molecule has 0 spiro atoms. The van der Waals surface area contributed by atoms with Gasteiger partial charge in [-0.3, -0.25) is 0 Å². The fourth-order valence-electron chi connectivity index (χ4n) is 2.55. The summed E-state index contributed by atoms with van der Waals surface area (Å²) in [5.41, 5.74) is 2.03. The third-order valence-electron chi connectivity index (χ3n) is 3.96. The lowest BCUT2D eigenvalue weighted by molar-refractivity contribution is 0.755. The number of allylic oxidation sites excluding steroid dienone is 8. The zero-order valence-corrected chi connectivity index (χ0v) is 15.9. The molecular formula is C21H20BrN3. The molecule has 25 heavy (non-hydrogen) atoms. The largest absolute Gasteiger partial charge is 0.213 e. The van der Waals surface area contributed by atoms with Crippen LogP contribution in [0.2, 0.25) is 0 Å². The van der Waals surface area contributed by atoms with Crippen LogP contribution in [0.3, 0.4) is 0 Å². The first kappa shape index (κ1) is 17.5. The summed E-state index contributed by atoms with van der Waals surface area (Å²) >= 11 is 3.51. The first-order chi connectivity index (χ1) is 12.2. The first-order valence-electron chi connectivity index (χ1n) is 8.32. The highest BCUT2D eigenvalue weighted by Gasteiger charge is 2.17. The Balaban J connectivity index is 2.07. The van der Waals surface area contributed by atoms with Gasteiger partial charge >= 0.3 is 0 Å². The van der Waals surface area contributed by atoms with Crippen molar-refractivity contribution in [1.82, 2.24) is 15.0 Å². The molecule has 0 aliphatic heterocycles. The number of hydrogen-bond donors (Lipinski definition) is 0. The molecular weight excluding hydrogens is 374 g/mol. The van der Waals surface area contributed by atoms with E-state index in [1.54, 1.807) is 0 Å². The lowest BCUT2D eigenvalue weighted by Gasteiger charge is -2.15. The predicted molar refractivity (Wildman–Crippen MR) is 107 cm³/mol. The topological polar surface area (TPSA) is 38.7 Å². The zero-order chi connectivity index (χ0) is 17.6. The van der Waals surface area contributed by atoms with Crippen LogP contribution in [0.1, 0.15) is 37.8 Å². The summed E-state index contributed by atoms with van der Waals surface area (Å²) in [6, 6.07) is 10.1. The molecule has 0 bridgehead atoms. The van der Waals surface area contributed by atoms with Crippen molar-refractivity contribution in [3.63, 3.8) is 0 Å². The molecule has 0 saturated carbocycles. The first-order valence-corrected chi connectivity index (χ1v) is 9.12. The van der Waals surface area contributed by atoms with E-state index in [-0.39, 0.29) is 5.92 Å². The zero-order valence-electron chi connectivity index (χ0n) is 14.4. The molecule has 1 aromatic carbocycles. The maximum atomic E-state index is 4.75. The molecule has 0 N–H and O–H groups in total. The van der Waals surface area contributed by atoms with Gasteiger partial charge in [-0.15, -0.1) is 0 Å². The average molecular weight is 394 g/mol. The van der Waals surface area contributed by atoms with Crippen LogP contribution in [0.25, 0.3) is 17.0 Å². The third kappa shape index (κ3) is 4.40. The minimum absolute atomic E-state index is 0.167. The van der Waals surface area contributed by atoms with E-state index in [0.717, 1.165) is 39.5 Å². The summed E-state index contributed by atoms with van der Waals surface area (Å²) in [6.07, 6.45) is 13.3. The van der Waals surface area contributed by atoms with Crippen molar-refractivity contribution in [3.05, 3.63) is 82.9 Å². The average Bonchev–Trinajstić information content (AvgIpc) is 2.67. The molecule has 1 unspecified atom stereocenters. The molecule has 1 aliphatic rings. The molecule has 1 atom stereocenters. The number of hydrogen-bond acceptors (Lipinski definition) is 3. The Morgan fingerprint density at radius 2 is 1.96 bits per heavy atom. The fraction of sp³-hybridized carbons (Fsp3) is 0.190. The van der Waals surface area contributed by atoms with Crippen molar-refractivity contribution < 1.29 is 0 Å². The second-order valence-corrected chi connectivity index (χ2v) is 6.79.